The van der Waals surface area contributed by atoms with Crippen LogP contribution in [0.5, 0.6) is 5.75 Å². The van der Waals surface area contributed by atoms with Gasteiger partial charge in [0, 0.05) is 4.47 Å². The third-order valence-corrected chi connectivity index (χ3v) is 3.82. The molecule has 0 fully saturated rings. The Hall–Kier alpha value is -2.07. The second-order valence-corrected chi connectivity index (χ2v) is 5.64. The molecule has 0 atom stereocenters. The Morgan fingerprint density at radius 1 is 1.14 bits per heavy atom. The van der Waals surface area contributed by atoms with Crippen LogP contribution in [0.15, 0.2) is 58.6 Å². The zero-order valence-corrected chi connectivity index (χ0v) is 14.1. The van der Waals surface area contributed by atoms with Gasteiger partial charge in [0.15, 0.2) is 0 Å². The molecule has 0 aliphatic carbocycles. The van der Waals surface area contributed by atoms with E-state index in [9.17, 15) is 4.79 Å². The van der Waals surface area contributed by atoms with E-state index in [0.717, 1.165) is 15.6 Å². The molecule has 0 amide bonds. The van der Waals surface area contributed by atoms with Crippen molar-refractivity contribution in [3.8, 4) is 5.75 Å². The maximum Gasteiger partial charge on any atom is 0.337 e. The summed E-state index contributed by atoms with van der Waals surface area (Å²) in [6.07, 6.45) is 1.77. The van der Waals surface area contributed by atoms with Crippen molar-refractivity contribution in [3.05, 3.63) is 69.7 Å². The lowest BCUT2D eigenvalue weighted by Gasteiger charge is -2.09. The summed E-state index contributed by atoms with van der Waals surface area (Å²) in [7, 11) is 1.36. The normalized spacial score (nSPS) is 11.1. The van der Waals surface area contributed by atoms with Crippen molar-refractivity contribution in [2.45, 2.75) is 6.92 Å². The molecule has 0 N–H and O–H groups in total. The summed E-state index contributed by atoms with van der Waals surface area (Å²) in [4.78, 5) is 11.9. The molecule has 2 aromatic rings. The minimum absolute atomic E-state index is 0.150. The second kappa shape index (κ2) is 7.80. The first kappa shape index (κ1) is 16.3. The zero-order valence-electron chi connectivity index (χ0n) is 12.5. The smallest absolute Gasteiger partial charge is 0.337 e. The highest BCUT2D eigenvalue weighted by molar-refractivity contribution is 9.10. The van der Waals surface area contributed by atoms with E-state index in [1.807, 2.05) is 55.5 Å². The Balaban J connectivity index is 2.18. The van der Waals surface area contributed by atoms with Crippen LogP contribution in [0.2, 0.25) is 0 Å². The highest BCUT2D eigenvalue weighted by atomic mass is 79.9. The van der Waals surface area contributed by atoms with Crippen molar-refractivity contribution >= 4 is 28.0 Å². The number of carbonyl (C=O) groups excluding carboxylic acids is 1. The molecule has 0 radical (unpaired) electrons. The van der Waals surface area contributed by atoms with Crippen LogP contribution in [0.1, 0.15) is 11.1 Å². The molecule has 0 aliphatic rings. The highest BCUT2D eigenvalue weighted by Crippen LogP contribution is 2.20. The van der Waals surface area contributed by atoms with Crippen LogP contribution < -0.4 is 4.74 Å². The minimum Gasteiger partial charge on any atom is -0.489 e. The van der Waals surface area contributed by atoms with E-state index in [2.05, 4.69) is 15.9 Å². The number of rotatable bonds is 5. The Kier molecular flexibility index (Phi) is 5.78. The van der Waals surface area contributed by atoms with Gasteiger partial charge in [0.05, 0.1) is 12.7 Å². The predicted molar refractivity (Wildman–Crippen MR) is 90.8 cm³/mol. The standard InChI is InChI=1S/C18H17BrO3/c1-13-7-9-16(10-8-13)22-12-15(18(20)21-2)11-14-5-3-4-6-17(14)19/h3-11H,12H2,1-2H3/b15-11+. The molecule has 114 valence electrons. The molecule has 3 nitrogen and oxygen atoms in total. The molecule has 0 saturated heterocycles. The zero-order chi connectivity index (χ0) is 15.9. The monoisotopic (exact) mass is 360 g/mol. The molecule has 0 aromatic heterocycles. The van der Waals surface area contributed by atoms with Gasteiger partial charge in [0.2, 0.25) is 0 Å². The lowest BCUT2D eigenvalue weighted by atomic mass is 10.1. The van der Waals surface area contributed by atoms with Crippen LogP contribution in [0.4, 0.5) is 0 Å². The Morgan fingerprint density at radius 2 is 1.82 bits per heavy atom. The lowest BCUT2D eigenvalue weighted by Crippen LogP contribution is -2.12. The largest absolute Gasteiger partial charge is 0.489 e. The molecule has 4 heteroatoms. The summed E-state index contributed by atoms with van der Waals surface area (Å²) in [6.45, 7) is 2.16. The summed E-state index contributed by atoms with van der Waals surface area (Å²) >= 11 is 3.46. The molecular formula is C18H17BrO3. The van der Waals surface area contributed by atoms with Crippen LogP contribution in [-0.2, 0) is 9.53 Å². The summed E-state index contributed by atoms with van der Waals surface area (Å²) in [6, 6.07) is 15.3. The van der Waals surface area contributed by atoms with Crippen molar-refractivity contribution in [3.63, 3.8) is 0 Å². The second-order valence-electron chi connectivity index (χ2n) is 4.78. The first-order valence-corrected chi connectivity index (χ1v) is 7.62. The van der Waals surface area contributed by atoms with E-state index in [-0.39, 0.29) is 6.61 Å². The van der Waals surface area contributed by atoms with Gasteiger partial charge in [-0.05, 0) is 36.8 Å². The van der Waals surface area contributed by atoms with E-state index in [0.29, 0.717) is 11.3 Å². The van der Waals surface area contributed by atoms with Gasteiger partial charge in [0.1, 0.15) is 12.4 Å². The molecular weight excluding hydrogens is 344 g/mol. The first-order chi connectivity index (χ1) is 10.6. The van der Waals surface area contributed by atoms with Gasteiger partial charge in [0.25, 0.3) is 0 Å². The summed E-state index contributed by atoms with van der Waals surface area (Å²) < 4.78 is 11.4. The number of benzene rings is 2. The third kappa shape index (κ3) is 4.46. The average Bonchev–Trinajstić information content (AvgIpc) is 2.54. The number of halogens is 1. The van der Waals surface area contributed by atoms with Crippen molar-refractivity contribution in [2.24, 2.45) is 0 Å². The van der Waals surface area contributed by atoms with Gasteiger partial charge in [-0.25, -0.2) is 4.79 Å². The molecule has 22 heavy (non-hydrogen) atoms. The van der Waals surface area contributed by atoms with Crippen molar-refractivity contribution in [1.82, 2.24) is 0 Å². The fourth-order valence-electron chi connectivity index (χ4n) is 1.87. The molecule has 0 unspecified atom stereocenters. The highest BCUT2D eigenvalue weighted by Gasteiger charge is 2.11. The van der Waals surface area contributed by atoms with Crippen LogP contribution in [0.25, 0.3) is 6.08 Å². The molecule has 0 saturated carbocycles. The number of methoxy groups -OCH3 is 1. The topological polar surface area (TPSA) is 35.5 Å². The minimum atomic E-state index is -0.400. The van der Waals surface area contributed by atoms with E-state index in [1.165, 1.54) is 7.11 Å². The summed E-state index contributed by atoms with van der Waals surface area (Å²) in [5.74, 6) is 0.315. The van der Waals surface area contributed by atoms with Crippen LogP contribution >= 0.6 is 15.9 Å². The molecule has 0 spiro atoms. The van der Waals surface area contributed by atoms with E-state index in [1.54, 1.807) is 6.08 Å². The Labute approximate surface area is 138 Å². The van der Waals surface area contributed by atoms with Gasteiger partial charge >= 0.3 is 5.97 Å². The number of ether oxygens (including phenoxy) is 2. The first-order valence-electron chi connectivity index (χ1n) is 6.83. The maximum atomic E-state index is 11.9. The third-order valence-electron chi connectivity index (χ3n) is 3.10. The van der Waals surface area contributed by atoms with Crippen LogP contribution in [-0.4, -0.2) is 19.7 Å². The number of hydrogen-bond donors (Lipinski definition) is 0. The van der Waals surface area contributed by atoms with Gasteiger partial charge in [-0.2, -0.15) is 0 Å². The van der Waals surface area contributed by atoms with Crippen LogP contribution in [0, 0.1) is 6.92 Å². The number of aryl methyl sites for hydroxylation is 1. The van der Waals surface area contributed by atoms with E-state index >= 15 is 0 Å². The van der Waals surface area contributed by atoms with Crippen molar-refractivity contribution < 1.29 is 14.3 Å². The van der Waals surface area contributed by atoms with Gasteiger partial charge in [-0.3, -0.25) is 0 Å². The summed E-state index contributed by atoms with van der Waals surface area (Å²) in [5.41, 5.74) is 2.51. The Bertz CT molecular complexity index is 675. The maximum absolute atomic E-state index is 11.9. The Morgan fingerprint density at radius 3 is 2.45 bits per heavy atom. The molecule has 2 rings (SSSR count). The number of hydrogen-bond acceptors (Lipinski definition) is 3. The summed E-state index contributed by atoms with van der Waals surface area (Å²) in [5, 5.41) is 0. The average molecular weight is 361 g/mol. The van der Waals surface area contributed by atoms with E-state index < -0.39 is 5.97 Å². The SMILES string of the molecule is COC(=O)/C(=C/c1ccccc1Br)COc1ccc(C)cc1. The fourth-order valence-corrected chi connectivity index (χ4v) is 2.27. The molecule has 0 heterocycles. The predicted octanol–water partition coefficient (Wildman–Crippen LogP) is 4.39. The van der Waals surface area contributed by atoms with Crippen molar-refractivity contribution in [2.75, 3.05) is 13.7 Å². The molecule has 2 aromatic carbocycles. The molecule has 0 bridgehead atoms. The van der Waals surface area contributed by atoms with Gasteiger partial charge in [-0.1, -0.05) is 51.8 Å². The number of esters is 1. The molecule has 0 aliphatic heterocycles. The number of carbonyl (C=O) groups is 1. The van der Waals surface area contributed by atoms with Crippen LogP contribution in [0.3, 0.4) is 0 Å². The van der Waals surface area contributed by atoms with Gasteiger partial charge < -0.3 is 9.47 Å². The fraction of sp³-hybridized carbons (Fsp3) is 0.167. The quantitative estimate of drug-likeness (QED) is 0.585. The van der Waals surface area contributed by atoms with E-state index in [4.69, 9.17) is 9.47 Å². The van der Waals surface area contributed by atoms with Crippen molar-refractivity contribution in [1.29, 1.82) is 0 Å². The van der Waals surface area contributed by atoms with Gasteiger partial charge in [-0.15, -0.1) is 0 Å². The lowest BCUT2D eigenvalue weighted by molar-refractivity contribution is -0.136.